The molecule has 0 aromatic rings. The summed E-state index contributed by atoms with van der Waals surface area (Å²) in [5.74, 6) is 0.642. The Hall–Kier alpha value is -0.830. The molecular formula is C14H20O3. The molecule has 1 aliphatic heterocycles. The Morgan fingerprint density at radius 2 is 2.18 bits per heavy atom. The van der Waals surface area contributed by atoms with Crippen LogP contribution in [-0.2, 0) is 14.3 Å². The number of carbonyl (C=O) groups is 1. The normalized spacial score (nSPS) is 39.5. The Kier molecular flexibility index (Phi) is 3.19. The van der Waals surface area contributed by atoms with E-state index in [1.165, 1.54) is 0 Å². The van der Waals surface area contributed by atoms with Crippen molar-refractivity contribution in [2.45, 2.75) is 50.7 Å². The van der Waals surface area contributed by atoms with Crippen LogP contribution >= 0.6 is 0 Å². The fourth-order valence-electron chi connectivity index (χ4n) is 2.96. The number of rotatable bonds is 3. The van der Waals surface area contributed by atoms with Crippen LogP contribution in [0.5, 0.6) is 0 Å². The van der Waals surface area contributed by atoms with Gasteiger partial charge in [0.25, 0.3) is 0 Å². The van der Waals surface area contributed by atoms with E-state index in [9.17, 15) is 4.79 Å². The summed E-state index contributed by atoms with van der Waals surface area (Å²) in [6, 6.07) is 0. The van der Waals surface area contributed by atoms with Gasteiger partial charge < -0.3 is 9.47 Å². The third-order valence-corrected chi connectivity index (χ3v) is 4.18. The van der Waals surface area contributed by atoms with E-state index in [2.05, 4.69) is 12.2 Å². The lowest BCUT2D eigenvalue weighted by Gasteiger charge is -2.21. The molecule has 1 heterocycles. The lowest BCUT2D eigenvalue weighted by Crippen LogP contribution is -2.24. The molecule has 0 bridgehead atoms. The number of allylic oxidation sites excluding steroid dienone is 2. The molecule has 3 nitrogen and oxygen atoms in total. The maximum Gasteiger partial charge on any atom is 0.309 e. The first kappa shape index (κ1) is 11.3. The average Bonchev–Trinajstić information content (AvgIpc) is 3.15. The van der Waals surface area contributed by atoms with Crippen LogP contribution in [0, 0.1) is 11.8 Å². The van der Waals surface area contributed by atoms with Gasteiger partial charge >= 0.3 is 5.97 Å². The largest absolute Gasteiger partial charge is 0.465 e. The first-order chi connectivity index (χ1) is 8.33. The second-order valence-electron chi connectivity index (χ2n) is 5.50. The fraction of sp³-hybridized carbons (Fsp3) is 0.786. The van der Waals surface area contributed by atoms with E-state index in [4.69, 9.17) is 9.47 Å². The SMILES string of the molecule is O=C(OCC1CCC2OC2C1)C1CC=CCC1. The summed E-state index contributed by atoms with van der Waals surface area (Å²) < 4.78 is 10.9. The molecule has 0 N–H and O–H groups in total. The van der Waals surface area contributed by atoms with Crippen molar-refractivity contribution in [2.24, 2.45) is 11.8 Å². The van der Waals surface area contributed by atoms with Crippen molar-refractivity contribution in [3.8, 4) is 0 Å². The van der Waals surface area contributed by atoms with Gasteiger partial charge in [-0.05, 0) is 44.4 Å². The summed E-state index contributed by atoms with van der Waals surface area (Å²) in [7, 11) is 0. The summed E-state index contributed by atoms with van der Waals surface area (Å²) in [5, 5.41) is 0. The minimum absolute atomic E-state index is 0.00758. The predicted octanol–water partition coefficient (Wildman–Crippen LogP) is 2.45. The van der Waals surface area contributed by atoms with Gasteiger partial charge in [0, 0.05) is 0 Å². The topological polar surface area (TPSA) is 38.8 Å². The van der Waals surface area contributed by atoms with Crippen molar-refractivity contribution < 1.29 is 14.3 Å². The number of epoxide rings is 1. The molecule has 4 unspecified atom stereocenters. The minimum atomic E-state index is 0.00758. The van der Waals surface area contributed by atoms with Crippen molar-refractivity contribution in [3.05, 3.63) is 12.2 Å². The van der Waals surface area contributed by atoms with E-state index in [1.807, 2.05) is 0 Å². The first-order valence-electron chi connectivity index (χ1n) is 6.80. The van der Waals surface area contributed by atoms with E-state index >= 15 is 0 Å². The molecule has 3 rings (SSSR count). The summed E-state index contributed by atoms with van der Waals surface area (Å²) in [4.78, 5) is 11.8. The van der Waals surface area contributed by atoms with Crippen LogP contribution in [0.15, 0.2) is 12.2 Å². The Morgan fingerprint density at radius 3 is 2.94 bits per heavy atom. The van der Waals surface area contributed by atoms with Crippen molar-refractivity contribution >= 4 is 5.97 Å². The Balaban J connectivity index is 1.40. The van der Waals surface area contributed by atoms with Crippen molar-refractivity contribution in [3.63, 3.8) is 0 Å². The predicted molar refractivity (Wildman–Crippen MR) is 63.4 cm³/mol. The monoisotopic (exact) mass is 236 g/mol. The molecule has 0 radical (unpaired) electrons. The molecule has 2 fully saturated rings. The van der Waals surface area contributed by atoms with Crippen LogP contribution < -0.4 is 0 Å². The smallest absolute Gasteiger partial charge is 0.309 e. The van der Waals surface area contributed by atoms with E-state index < -0.39 is 0 Å². The van der Waals surface area contributed by atoms with Gasteiger partial charge in [-0.2, -0.15) is 0 Å². The first-order valence-corrected chi connectivity index (χ1v) is 6.80. The number of carbonyl (C=O) groups excluding carboxylic acids is 1. The van der Waals surface area contributed by atoms with Crippen LogP contribution in [0.25, 0.3) is 0 Å². The van der Waals surface area contributed by atoms with Crippen LogP contribution in [0.1, 0.15) is 38.5 Å². The second-order valence-corrected chi connectivity index (χ2v) is 5.50. The summed E-state index contributed by atoms with van der Waals surface area (Å²) in [5.41, 5.74) is 0. The molecule has 1 saturated heterocycles. The van der Waals surface area contributed by atoms with Crippen LogP contribution in [-0.4, -0.2) is 24.8 Å². The van der Waals surface area contributed by atoms with Crippen LogP contribution in [0.3, 0.4) is 0 Å². The standard InChI is InChI=1S/C14H20O3/c15-14(11-4-2-1-3-5-11)16-9-10-6-7-12-13(8-10)17-12/h1-2,10-13H,3-9H2. The molecule has 3 heteroatoms. The molecule has 0 amide bonds. The zero-order valence-corrected chi connectivity index (χ0v) is 10.1. The highest BCUT2D eigenvalue weighted by Crippen LogP contribution is 2.39. The molecule has 3 aliphatic rings. The Bertz CT molecular complexity index is 323. The average molecular weight is 236 g/mol. The Morgan fingerprint density at radius 1 is 1.24 bits per heavy atom. The number of ether oxygens (including phenoxy) is 2. The number of hydrogen-bond acceptors (Lipinski definition) is 3. The third-order valence-electron chi connectivity index (χ3n) is 4.18. The maximum atomic E-state index is 11.8. The van der Waals surface area contributed by atoms with Crippen molar-refractivity contribution in [2.75, 3.05) is 6.61 Å². The summed E-state index contributed by atoms with van der Waals surface area (Å²) in [6.07, 6.45) is 11.5. The summed E-state index contributed by atoms with van der Waals surface area (Å²) in [6.45, 7) is 0.603. The zero-order chi connectivity index (χ0) is 11.7. The molecule has 1 saturated carbocycles. The number of esters is 1. The lowest BCUT2D eigenvalue weighted by atomic mass is 9.90. The highest BCUT2D eigenvalue weighted by Gasteiger charge is 2.44. The second kappa shape index (κ2) is 4.81. The van der Waals surface area contributed by atoms with Crippen molar-refractivity contribution in [1.82, 2.24) is 0 Å². The molecular weight excluding hydrogens is 216 g/mol. The van der Waals surface area contributed by atoms with Gasteiger partial charge in [0.15, 0.2) is 0 Å². The molecule has 0 spiro atoms. The molecule has 2 aliphatic carbocycles. The van der Waals surface area contributed by atoms with E-state index in [0.29, 0.717) is 24.7 Å². The van der Waals surface area contributed by atoms with Gasteiger partial charge in [-0.1, -0.05) is 12.2 Å². The minimum Gasteiger partial charge on any atom is -0.465 e. The van der Waals surface area contributed by atoms with Gasteiger partial charge in [-0.3, -0.25) is 4.79 Å². The van der Waals surface area contributed by atoms with Gasteiger partial charge in [0.2, 0.25) is 0 Å². The zero-order valence-electron chi connectivity index (χ0n) is 10.1. The van der Waals surface area contributed by atoms with Gasteiger partial charge in [0.05, 0.1) is 24.7 Å². The summed E-state index contributed by atoms with van der Waals surface area (Å²) >= 11 is 0. The van der Waals surface area contributed by atoms with E-state index in [-0.39, 0.29) is 11.9 Å². The highest BCUT2D eigenvalue weighted by molar-refractivity contribution is 5.72. The van der Waals surface area contributed by atoms with Gasteiger partial charge in [-0.25, -0.2) is 0 Å². The van der Waals surface area contributed by atoms with E-state index in [0.717, 1.165) is 38.5 Å². The van der Waals surface area contributed by atoms with Gasteiger partial charge in [-0.15, -0.1) is 0 Å². The maximum absolute atomic E-state index is 11.8. The Labute approximate surface area is 102 Å². The number of hydrogen-bond donors (Lipinski definition) is 0. The van der Waals surface area contributed by atoms with Gasteiger partial charge in [0.1, 0.15) is 0 Å². The molecule has 0 aromatic heterocycles. The quantitative estimate of drug-likeness (QED) is 0.429. The van der Waals surface area contributed by atoms with Crippen LogP contribution in [0.4, 0.5) is 0 Å². The molecule has 94 valence electrons. The third kappa shape index (κ3) is 2.71. The fourth-order valence-corrected chi connectivity index (χ4v) is 2.96. The molecule has 0 aromatic carbocycles. The highest BCUT2D eigenvalue weighted by atomic mass is 16.6. The number of fused-ring (bicyclic) bond motifs is 1. The van der Waals surface area contributed by atoms with Crippen LogP contribution in [0.2, 0.25) is 0 Å². The van der Waals surface area contributed by atoms with Crippen molar-refractivity contribution in [1.29, 1.82) is 0 Å². The van der Waals surface area contributed by atoms with E-state index in [1.54, 1.807) is 0 Å². The lowest BCUT2D eigenvalue weighted by molar-refractivity contribution is -0.150. The molecule has 17 heavy (non-hydrogen) atoms. The molecule has 4 atom stereocenters.